The molecule has 0 aromatic carbocycles. The van der Waals surface area contributed by atoms with Crippen molar-refractivity contribution in [1.29, 1.82) is 0 Å². The van der Waals surface area contributed by atoms with Crippen LogP contribution in [0.2, 0.25) is 0 Å². The third-order valence-electron chi connectivity index (χ3n) is 2.07. The SMILES string of the molecule is [CH2]/C=C/CCCCC(C(F)(F)F)C(F)(F)F. The van der Waals surface area contributed by atoms with Gasteiger partial charge < -0.3 is 0 Å². The lowest BCUT2D eigenvalue weighted by atomic mass is 10.00. The molecule has 0 saturated carbocycles. The van der Waals surface area contributed by atoms with Crippen LogP contribution in [-0.4, -0.2) is 12.4 Å². The molecule has 0 bridgehead atoms. The van der Waals surface area contributed by atoms with Crippen molar-refractivity contribution < 1.29 is 26.3 Å². The molecule has 6 heteroatoms. The van der Waals surface area contributed by atoms with Crippen LogP contribution in [0.3, 0.4) is 0 Å². The van der Waals surface area contributed by atoms with Gasteiger partial charge in [-0.1, -0.05) is 18.6 Å². The van der Waals surface area contributed by atoms with Crippen molar-refractivity contribution in [3.05, 3.63) is 19.1 Å². The van der Waals surface area contributed by atoms with Crippen LogP contribution < -0.4 is 0 Å². The molecule has 0 unspecified atom stereocenters. The molecule has 0 aliphatic carbocycles. The molecule has 0 heterocycles. The number of hydrogen-bond donors (Lipinski definition) is 0. The van der Waals surface area contributed by atoms with Crippen molar-refractivity contribution in [2.75, 3.05) is 0 Å². The second-order valence-corrected chi connectivity index (χ2v) is 3.39. The van der Waals surface area contributed by atoms with Gasteiger partial charge in [0, 0.05) is 0 Å². The maximum atomic E-state index is 12.0. The minimum atomic E-state index is -5.21. The highest BCUT2D eigenvalue weighted by Crippen LogP contribution is 2.42. The molecule has 0 aromatic heterocycles. The van der Waals surface area contributed by atoms with E-state index in [2.05, 4.69) is 6.92 Å². The zero-order valence-corrected chi connectivity index (χ0v) is 8.54. The molecule has 0 nitrogen and oxygen atoms in total. The third-order valence-corrected chi connectivity index (χ3v) is 2.07. The number of hydrogen-bond acceptors (Lipinski definition) is 0. The summed E-state index contributed by atoms with van der Waals surface area (Å²) in [5.74, 6) is -3.20. The van der Waals surface area contributed by atoms with Crippen molar-refractivity contribution in [1.82, 2.24) is 0 Å². The van der Waals surface area contributed by atoms with Gasteiger partial charge in [-0.2, -0.15) is 26.3 Å². The highest BCUT2D eigenvalue weighted by Gasteiger charge is 2.55. The molecule has 0 fully saturated rings. The van der Waals surface area contributed by atoms with E-state index in [0.29, 0.717) is 12.8 Å². The fraction of sp³-hybridized carbons (Fsp3) is 0.700. The summed E-state index contributed by atoms with van der Waals surface area (Å²) in [5.41, 5.74) is 0. The largest absolute Gasteiger partial charge is 0.400 e. The first-order valence-electron chi connectivity index (χ1n) is 4.77. The van der Waals surface area contributed by atoms with Gasteiger partial charge in [-0.15, -0.1) is 0 Å². The maximum absolute atomic E-state index is 12.0. The van der Waals surface area contributed by atoms with Gasteiger partial charge in [-0.05, 0) is 26.2 Å². The quantitative estimate of drug-likeness (QED) is 0.489. The predicted octanol–water partition coefficient (Wildman–Crippen LogP) is 4.68. The average Bonchev–Trinajstić information content (AvgIpc) is 2.06. The van der Waals surface area contributed by atoms with Gasteiger partial charge in [0.05, 0.1) is 0 Å². The summed E-state index contributed by atoms with van der Waals surface area (Å²) in [6, 6.07) is 0. The Bertz CT molecular complexity index is 198. The van der Waals surface area contributed by atoms with Gasteiger partial charge in [0.25, 0.3) is 0 Å². The van der Waals surface area contributed by atoms with Gasteiger partial charge in [-0.3, -0.25) is 0 Å². The summed E-state index contributed by atoms with van der Waals surface area (Å²) in [5, 5.41) is 0. The Hall–Kier alpha value is -0.680. The van der Waals surface area contributed by atoms with Crippen molar-refractivity contribution in [2.24, 2.45) is 5.92 Å². The molecule has 0 N–H and O–H groups in total. The topological polar surface area (TPSA) is 0 Å². The van der Waals surface area contributed by atoms with Gasteiger partial charge in [0.1, 0.15) is 0 Å². The standard InChI is InChI=1S/C10H13F6/c1-2-3-4-5-6-7-8(9(11,12)13)10(14,15)16/h2-3,8H,1,4-7H2/b3-2+. The van der Waals surface area contributed by atoms with Crippen LogP contribution in [0.1, 0.15) is 25.7 Å². The minimum Gasteiger partial charge on any atom is -0.170 e. The van der Waals surface area contributed by atoms with E-state index in [1.54, 1.807) is 6.08 Å². The number of alkyl halides is 6. The smallest absolute Gasteiger partial charge is 0.170 e. The second-order valence-electron chi connectivity index (χ2n) is 3.39. The molecular weight excluding hydrogens is 234 g/mol. The summed E-state index contributed by atoms with van der Waals surface area (Å²) in [6.07, 6.45) is -7.60. The van der Waals surface area contributed by atoms with Crippen LogP contribution in [0, 0.1) is 12.8 Å². The summed E-state index contributed by atoms with van der Waals surface area (Å²) in [4.78, 5) is 0. The van der Waals surface area contributed by atoms with Crippen molar-refractivity contribution >= 4 is 0 Å². The van der Waals surface area contributed by atoms with E-state index in [-0.39, 0.29) is 6.42 Å². The fourth-order valence-electron chi connectivity index (χ4n) is 1.24. The van der Waals surface area contributed by atoms with Crippen LogP contribution in [0.15, 0.2) is 12.2 Å². The van der Waals surface area contributed by atoms with Gasteiger partial charge in [-0.25, -0.2) is 0 Å². The van der Waals surface area contributed by atoms with E-state index < -0.39 is 24.7 Å². The Morgan fingerprint density at radius 3 is 1.81 bits per heavy atom. The molecular formula is C10H13F6. The Labute approximate surface area is 90.3 Å². The minimum absolute atomic E-state index is 0.103. The number of allylic oxidation sites excluding steroid dienone is 2. The first-order valence-corrected chi connectivity index (χ1v) is 4.77. The molecule has 0 saturated heterocycles. The molecule has 0 aliphatic rings. The maximum Gasteiger partial charge on any atom is 0.400 e. The van der Waals surface area contributed by atoms with E-state index in [0.717, 1.165) is 0 Å². The van der Waals surface area contributed by atoms with Gasteiger partial charge in [0.2, 0.25) is 0 Å². The zero-order chi connectivity index (χ0) is 12.8. The van der Waals surface area contributed by atoms with E-state index >= 15 is 0 Å². The van der Waals surface area contributed by atoms with E-state index in [1.807, 2.05) is 0 Å². The van der Waals surface area contributed by atoms with Gasteiger partial charge >= 0.3 is 12.4 Å². The molecule has 95 valence electrons. The normalized spacial score (nSPS) is 14.0. The Morgan fingerprint density at radius 1 is 0.938 bits per heavy atom. The number of rotatable bonds is 5. The molecule has 16 heavy (non-hydrogen) atoms. The number of halogens is 6. The first-order chi connectivity index (χ1) is 7.19. The highest BCUT2D eigenvalue weighted by atomic mass is 19.4. The molecule has 0 spiro atoms. The lowest BCUT2D eigenvalue weighted by Gasteiger charge is -2.22. The zero-order valence-electron chi connectivity index (χ0n) is 8.54. The predicted molar refractivity (Wildman–Crippen MR) is 48.6 cm³/mol. The summed E-state index contributed by atoms with van der Waals surface area (Å²) >= 11 is 0. The van der Waals surface area contributed by atoms with Crippen molar-refractivity contribution in [2.45, 2.75) is 38.0 Å². The second kappa shape index (κ2) is 6.15. The van der Waals surface area contributed by atoms with Crippen LogP contribution in [0.5, 0.6) is 0 Å². The van der Waals surface area contributed by atoms with Gasteiger partial charge in [0.15, 0.2) is 5.92 Å². The molecule has 0 rings (SSSR count). The summed E-state index contributed by atoms with van der Waals surface area (Å²) in [6.45, 7) is 3.36. The van der Waals surface area contributed by atoms with E-state index in [1.165, 1.54) is 6.08 Å². The average molecular weight is 247 g/mol. The van der Waals surface area contributed by atoms with Crippen LogP contribution in [-0.2, 0) is 0 Å². The van der Waals surface area contributed by atoms with E-state index in [9.17, 15) is 26.3 Å². The molecule has 0 aromatic rings. The van der Waals surface area contributed by atoms with Crippen LogP contribution in [0.25, 0.3) is 0 Å². The monoisotopic (exact) mass is 247 g/mol. The Balaban J connectivity index is 4.15. The van der Waals surface area contributed by atoms with Crippen molar-refractivity contribution in [3.8, 4) is 0 Å². The lowest BCUT2D eigenvalue weighted by Crippen LogP contribution is -2.36. The third kappa shape index (κ3) is 6.02. The van der Waals surface area contributed by atoms with Crippen LogP contribution >= 0.6 is 0 Å². The highest BCUT2D eigenvalue weighted by molar-refractivity contribution is 4.83. The van der Waals surface area contributed by atoms with E-state index in [4.69, 9.17) is 0 Å². The number of unbranched alkanes of at least 4 members (excludes halogenated alkanes) is 2. The first kappa shape index (κ1) is 15.3. The molecule has 1 radical (unpaired) electrons. The molecule has 0 atom stereocenters. The molecule has 0 amide bonds. The fourth-order valence-corrected chi connectivity index (χ4v) is 1.24. The summed E-state index contributed by atoms with van der Waals surface area (Å²) < 4.78 is 72.3. The Kier molecular flexibility index (Phi) is 5.89. The van der Waals surface area contributed by atoms with Crippen LogP contribution in [0.4, 0.5) is 26.3 Å². The molecule has 0 aliphatic heterocycles. The van der Waals surface area contributed by atoms with Crippen molar-refractivity contribution in [3.63, 3.8) is 0 Å². The summed E-state index contributed by atoms with van der Waals surface area (Å²) in [7, 11) is 0. The Morgan fingerprint density at radius 2 is 1.44 bits per heavy atom. The lowest BCUT2D eigenvalue weighted by molar-refractivity contribution is -0.285.